The lowest BCUT2D eigenvalue weighted by atomic mass is 10.0. The van der Waals surface area contributed by atoms with E-state index in [4.69, 9.17) is 14.2 Å². The molecular weight excluding hydrogens is 284 g/mol. The smallest absolute Gasteiger partial charge is 0.234 e. The number of carbonyl (C=O) groups excluding carboxylic acids is 1. The van der Waals surface area contributed by atoms with Crippen molar-refractivity contribution < 1.29 is 19.0 Å². The summed E-state index contributed by atoms with van der Waals surface area (Å²) >= 11 is 0. The van der Waals surface area contributed by atoms with Gasteiger partial charge in [0, 0.05) is 13.7 Å². The number of hydrogen-bond donors (Lipinski definition) is 2. The quantitative estimate of drug-likeness (QED) is 0.708. The van der Waals surface area contributed by atoms with Crippen LogP contribution in [0.5, 0.6) is 11.5 Å². The highest BCUT2D eigenvalue weighted by molar-refractivity contribution is 5.78. The van der Waals surface area contributed by atoms with E-state index < -0.39 is 0 Å². The number of hydrogen-bond acceptors (Lipinski definition) is 5. The van der Waals surface area contributed by atoms with E-state index in [2.05, 4.69) is 10.6 Å². The van der Waals surface area contributed by atoms with Gasteiger partial charge in [0.05, 0.1) is 19.2 Å². The van der Waals surface area contributed by atoms with Crippen molar-refractivity contribution in [2.75, 3.05) is 40.0 Å². The summed E-state index contributed by atoms with van der Waals surface area (Å²) in [6.07, 6.45) is 0.809. The second-order valence-electron chi connectivity index (χ2n) is 5.10. The fourth-order valence-corrected chi connectivity index (χ4v) is 2.32. The molecule has 0 saturated carbocycles. The molecule has 1 unspecified atom stereocenters. The van der Waals surface area contributed by atoms with Gasteiger partial charge in [-0.05, 0) is 24.1 Å². The van der Waals surface area contributed by atoms with E-state index in [-0.39, 0.29) is 18.5 Å². The number of amides is 1. The molecule has 0 aliphatic carbocycles. The van der Waals surface area contributed by atoms with Crippen LogP contribution < -0.4 is 20.1 Å². The van der Waals surface area contributed by atoms with Crippen LogP contribution >= 0.6 is 0 Å². The van der Waals surface area contributed by atoms with Gasteiger partial charge in [0.2, 0.25) is 5.91 Å². The molecule has 0 spiro atoms. The lowest BCUT2D eigenvalue weighted by molar-refractivity contribution is -0.121. The van der Waals surface area contributed by atoms with E-state index in [1.165, 1.54) is 0 Å². The zero-order chi connectivity index (χ0) is 15.8. The van der Waals surface area contributed by atoms with Crippen LogP contribution in [0.4, 0.5) is 0 Å². The van der Waals surface area contributed by atoms with E-state index in [0.29, 0.717) is 26.4 Å². The van der Waals surface area contributed by atoms with E-state index >= 15 is 0 Å². The highest BCUT2D eigenvalue weighted by Crippen LogP contribution is 2.33. The van der Waals surface area contributed by atoms with Crippen molar-refractivity contribution in [3.05, 3.63) is 23.8 Å². The molecule has 0 saturated heterocycles. The third kappa shape index (κ3) is 4.61. The number of rotatable bonds is 8. The predicted octanol–water partition coefficient (Wildman–Crippen LogP) is 1.26. The fourth-order valence-electron chi connectivity index (χ4n) is 2.32. The first-order chi connectivity index (χ1) is 10.7. The van der Waals surface area contributed by atoms with E-state index in [1.807, 2.05) is 25.1 Å². The summed E-state index contributed by atoms with van der Waals surface area (Å²) in [5.74, 6) is 1.48. The average molecular weight is 308 g/mol. The van der Waals surface area contributed by atoms with Crippen LogP contribution in [0.3, 0.4) is 0 Å². The minimum atomic E-state index is -0.0347. The third-order valence-corrected chi connectivity index (χ3v) is 3.48. The second-order valence-corrected chi connectivity index (χ2v) is 5.10. The topological polar surface area (TPSA) is 68.8 Å². The molecule has 1 aliphatic heterocycles. The predicted molar refractivity (Wildman–Crippen MR) is 83.4 cm³/mol. The summed E-state index contributed by atoms with van der Waals surface area (Å²) in [5, 5.41) is 6.06. The molecule has 0 radical (unpaired) electrons. The summed E-state index contributed by atoms with van der Waals surface area (Å²) in [6.45, 7) is 4.71. The van der Waals surface area contributed by atoms with Gasteiger partial charge in [-0.1, -0.05) is 13.0 Å². The molecule has 22 heavy (non-hydrogen) atoms. The van der Waals surface area contributed by atoms with E-state index in [9.17, 15) is 4.79 Å². The standard InChI is InChI=1S/C16H24N2O4/c1-3-13(18-16(19)11-17-6-7-20-2)12-4-5-14-15(10-12)22-9-8-21-14/h4-5,10,13,17H,3,6-9,11H2,1-2H3,(H,18,19). The molecule has 2 N–H and O–H groups in total. The first-order valence-corrected chi connectivity index (χ1v) is 7.63. The number of ether oxygens (including phenoxy) is 3. The zero-order valence-electron chi connectivity index (χ0n) is 13.2. The van der Waals surface area contributed by atoms with Gasteiger partial charge >= 0.3 is 0 Å². The molecule has 0 aromatic heterocycles. The Bertz CT molecular complexity index is 493. The third-order valence-electron chi connectivity index (χ3n) is 3.48. The number of fused-ring (bicyclic) bond motifs is 1. The van der Waals surface area contributed by atoms with Crippen molar-refractivity contribution in [3.63, 3.8) is 0 Å². The van der Waals surface area contributed by atoms with Gasteiger partial charge < -0.3 is 24.8 Å². The highest BCUT2D eigenvalue weighted by Gasteiger charge is 2.17. The Kier molecular flexibility index (Phi) is 6.48. The molecule has 0 fully saturated rings. The molecule has 1 aliphatic rings. The summed E-state index contributed by atoms with van der Waals surface area (Å²) < 4.78 is 16.0. The maximum absolute atomic E-state index is 12.0. The SMILES string of the molecule is CCC(NC(=O)CNCCOC)c1ccc2c(c1)OCCO2. The second kappa shape index (κ2) is 8.60. The Hall–Kier alpha value is -1.79. The van der Waals surface area contributed by atoms with Gasteiger partial charge in [-0.3, -0.25) is 4.79 Å². The summed E-state index contributed by atoms with van der Waals surface area (Å²) in [4.78, 5) is 12.0. The normalized spacial score (nSPS) is 14.5. The van der Waals surface area contributed by atoms with Crippen molar-refractivity contribution in [1.29, 1.82) is 0 Å². The van der Waals surface area contributed by atoms with Crippen molar-refractivity contribution >= 4 is 5.91 Å². The van der Waals surface area contributed by atoms with Gasteiger partial charge in [-0.25, -0.2) is 0 Å². The first kappa shape index (κ1) is 16.6. The minimum absolute atomic E-state index is 0.0298. The monoisotopic (exact) mass is 308 g/mol. The van der Waals surface area contributed by atoms with E-state index in [1.54, 1.807) is 7.11 Å². The number of nitrogens with one attached hydrogen (secondary N) is 2. The summed E-state index contributed by atoms with van der Waals surface area (Å²) in [7, 11) is 1.64. The van der Waals surface area contributed by atoms with Gasteiger partial charge in [-0.2, -0.15) is 0 Å². The number of carbonyl (C=O) groups is 1. The molecule has 1 amide bonds. The average Bonchev–Trinajstić information content (AvgIpc) is 2.56. The van der Waals surface area contributed by atoms with Crippen molar-refractivity contribution in [3.8, 4) is 11.5 Å². The van der Waals surface area contributed by atoms with Crippen molar-refractivity contribution in [2.45, 2.75) is 19.4 Å². The van der Waals surface area contributed by atoms with Gasteiger partial charge in [0.15, 0.2) is 11.5 Å². The van der Waals surface area contributed by atoms with Gasteiger partial charge in [0.25, 0.3) is 0 Å². The molecule has 1 atom stereocenters. The van der Waals surface area contributed by atoms with Crippen molar-refractivity contribution in [2.24, 2.45) is 0 Å². The van der Waals surface area contributed by atoms with Crippen LogP contribution in [0.25, 0.3) is 0 Å². The summed E-state index contributed by atoms with van der Waals surface area (Å²) in [5.41, 5.74) is 1.02. The fraction of sp³-hybridized carbons (Fsp3) is 0.562. The molecule has 1 aromatic rings. The maximum atomic E-state index is 12.0. The maximum Gasteiger partial charge on any atom is 0.234 e. The van der Waals surface area contributed by atoms with Gasteiger partial charge in [-0.15, -0.1) is 0 Å². The molecule has 0 bridgehead atoms. The molecule has 2 rings (SSSR count). The van der Waals surface area contributed by atoms with Crippen LogP contribution in [0.1, 0.15) is 24.9 Å². The van der Waals surface area contributed by atoms with Crippen LogP contribution in [-0.2, 0) is 9.53 Å². The molecule has 1 aromatic carbocycles. The lowest BCUT2D eigenvalue weighted by Gasteiger charge is -2.22. The number of methoxy groups -OCH3 is 1. The molecule has 122 valence electrons. The first-order valence-electron chi connectivity index (χ1n) is 7.63. The highest BCUT2D eigenvalue weighted by atomic mass is 16.6. The summed E-state index contributed by atoms with van der Waals surface area (Å²) in [6, 6.07) is 5.78. The Morgan fingerprint density at radius 3 is 2.82 bits per heavy atom. The molecule has 1 heterocycles. The van der Waals surface area contributed by atoms with Crippen LogP contribution in [-0.4, -0.2) is 45.9 Å². The van der Waals surface area contributed by atoms with Crippen LogP contribution in [0.15, 0.2) is 18.2 Å². The number of benzene rings is 1. The molecular formula is C16H24N2O4. The van der Waals surface area contributed by atoms with Crippen molar-refractivity contribution in [1.82, 2.24) is 10.6 Å². The largest absolute Gasteiger partial charge is 0.486 e. The Morgan fingerprint density at radius 1 is 1.32 bits per heavy atom. The van der Waals surface area contributed by atoms with Crippen LogP contribution in [0.2, 0.25) is 0 Å². The Morgan fingerprint density at radius 2 is 2.09 bits per heavy atom. The molecule has 6 heteroatoms. The lowest BCUT2D eigenvalue weighted by Crippen LogP contribution is -2.37. The van der Waals surface area contributed by atoms with E-state index in [0.717, 1.165) is 23.5 Å². The van der Waals surface area contributed by atoms with Crippen LogP contribution in [0, 0.1) is 0 Å². The minimum Gasteiger partial charge on any atom is -0.486 e. The molecule has 6 nitrogen and oxygen atoms in total. The Labute approximate surface area is 131 Å². The Balaban J connectivity index is 1.92. The zero-order valence-corrected chi connectivity index (χ0v) is 13.2. The van der Waals surface area contributed by atoms with Gasteiger partial charge in [0.1, 0.15) is 13.2 Å².